The second kappa shape index (κ2) is 8.05. The van der Waals surface area contributed by atoms with E-state index in [1.165, 1.54) is 65.5 Å². The summed E-state index contributed by atoms with van der Waals surface area (Å²) in [5.41, 5.74) is 6.90. The van der Waals surface area contributed by atoms with E-state index in [-0.39, 0.29) is 0 Å². The predicted octanol–water partition coefficient (Wildman–Crippen LogP) is 7.11. The summed E-state index contributed by atoms with van der Waals surface area (Å²) in [7, 11) is 0. The molecule has 4 saturated carbocycles. The summed E-state index contributed by atoms with van der Waals surface area (Å²) in [4.78, 5) is 0. The summed E-state index contributed by atoms with van der Waals surface area (Å²) in [5.74, 6) is 2.91. The molecule has 34 heavy (non-hydrogen) atoms. The molecule has 4 aliphatic carbocycles. The Kier molecular flexibility index (Phi) is 5.05. The molecule has 174 valence electrons. The zero-order valence-electron chi connectivity index (χ0n) is 19.5. The van der Waals surface area contributed by atoms with Crippen LogP contribution in [-0.2, 0) is 5.60 Å². The molecule has 0 radical (unpaired) electrons. The Bertz CT molecular complexity index is 1190. The van der Waals surface area contributed by atoms with Gasteiger partial charge in [-0.05, 0) is 107 Å². The molecule has 0 aromatic heterocycles. The van der Waals surface area contributed by atoms with Crippen molar-refractivity contribution in [3.63, 3.8) is 0 Å². The highest BCUT2D eigenvalue weighted by Gasteiger charge is 2.58. The number of hydrogen-bond donors (Lipinski definition) is 2. The second-order valence-corrected chi connectivity index (χ2v) is 12.3. The molecule has 4 bridgehead atoms. The van der Waals surface area contributed by atoms with Crippen LogP contribution in [0.2, 0.25) is 0 Å². The van der Waals surface area contributed by atoms with Crippen LogP contribution < -0.4 is 5.32 Å². The summed E-state index contributed by atoms with van der Waals surface area (Å²) in [6.07, 6.45) is 6.17. The van der Waals surface area contributed by atoms with Gasteiger partial charge in [0.2, 0.25) is 0 Å². The van der Waals surface area contributed by atoms with Crippen molar-refractivity contribution in [3.8, 4) is 22.3 Å². The van der Waals surface area contributed by atoms with Gasteiger partial charge in [0.1, 0.15) is 0 Å². The molecule has 2 N–H and O–H groups in total. The SMILES string of the molecule is OC1(c2cc(-c3ccccc3)cc(C3CNC3)c2-c2ccc(Br)cc2)C2CC3CC(C2)CC1C3. The molecule has 3 aromatic rings. The topological polar surface area (TPSA) is 32.3 Å². The van der Waals surface area contributed by atoms with E-state index in [2.05, 4.69) is 88.0 Å². The van der Waals surface area contributed by atoms with Gasteiger partial charge in [0, 0.05) is 23.5 Å². The standard InChI is InChI=1S/C31H32BrNO/c32-27-8-6-22(7-9-27)30-28(24-17-33-18-24)15-23(21-4-2-1-3-5-21)16-29(30)31(34)25-11-19-10-20(13-25)14-26(31)12-19/h1-9,15-16,19-20,24-26,33-34H,10-14,17-18H2. The lowest BCUT2D eigenvalue weighted by Gasteiger charge is -2.59. The zero-order valence-corrected chi connectivity index (χ0v) is 21.1. The molecule has 2 nitrogen and oxygen atoms in total. The Hall–Kier alpha value is -1.94. The van der Waals surface area contributed by atoms with E-state index < -0.39 is 5.60 Å². The van der Waals surface area contributed by atoms with Gasteiger partial charge in [0.05, 0.1) is 5.60 Å². The monoisotopic (exact) mass is 513 g/mol. The largest absolute Gasteiger partial charge is 0.385 e. The van der Waals surface area contributed by atoms with E-state index in [1.54, 1.807) is 0 Å². The third-order valence-corrected chi connectivity index (χ3v) is 9.97. The van der Waals surface area contributed by atoms with Crippen molar-refractivity contribution in [2.45, 2.75) is 43.6 Å². The Morgan fingerprint density at radius 3 is 1.97 bits per heavy atom. The summed E-state index contributed by atoms with van der Waals surface area (Å²) in [6, 6.07) is 24.3. The van der Waals surface area contributed by atoms with Gasteiger partial charge in [0.15, 0.2) is 0 Å². The number of benzene rings is 3. The minimum absolute atomic E-state index is 0.385. The Labute approximate surface area is 210 Å². The lowest BCUT2D eigenvalue weighted by molar-refractivity contribution is -0.179. The Balaban J connectivity index is 1.49. The summed E-state index contributed by atoms with van der Waals surface area (Å²) < 4.78 is 1.10. The molecule has 1 aliphatic heterocycles. The van der Waals surface area contributed by atoms with E-state index in [9.17, 15) is 5.11 Å². The molecule has 5 aliphatic rings. The predicted molar refractivity (Wildman–Crippen MR) is 142 cm³/mol. The molecule has 0 spiro atoms. The van der Waals surface area contributed by atoms with Gasteiger partial charge in [-0.15, -0.1) is 0 Å². The fraction of sp³-hybridized carbons (Fsp3) is 0.419. The molecule has 0 unspecified atom stereocenters. The maximum atomic E-state index is 12.8. The normalized spacial score (nSPS) is 32.1. The molecule has 8 rings (SSSR count). The Morgan fingerprint density at radius 1 is 0.735 bits per heavy atom. The zero-order chi connectivity index (χ0) is 22.9. The Morgan fingerprint density at radius 2 is 1.38 bits per heavy atom. The van der Waals surface area contributed by atoms with Gasteiger partial charge in [-0.1, -0.05) is 64.5 Å². The number of rotatable bonds is 4. The van der Waals surface area contributed by atoms with Crippen molar-refractivity contribution < 1.29 is 5.11 Å². The molecular formula is C31H32BrNO. The lowest BCUT2D eigenvalue weighted by Crippen LogP contribution is -2.55. The highest BCUT2D eigenvalue weighted by atomic mass is 79.9. The quantitative estimate of drug-likeness (QED) is 0.389. The minimum Gasteiger partial charge on any atom is -0.385 e. The highest BCUT2D eigenvalue weighted by molar-refractivity contribution is 9.10. The molecular weight excluding hydrogens is 482 g/mol. The molecule has 1 heterocycles. The minimum atomic E-state index is -0.730. The van der Waals surface area contributed by atoms with Crippen LogP contribution in [0.15, 0.2) is 71.2 Å². The first-order valence-corrected chi connectivity index (χ1v) is 13.8. The van der Waals surface area contributed by atoms with Crippen LogP contribution in [0.4, 0.5) is 0 Å². The molecule has 3 heteroatoms. The lowest BCUT2D eigenvalue weighted by atomic mass is 9.48. The third kappa shape index (κ3) is 3.27. The number of nitrogens with one attached hydrogen (secondary N) is 1. The molecule has 0 atom stereocenters. The molecule has 0 amide bonds. The van der Waals surface area contributed by atoms with Crippen molar-refractivity contribution in [2.24, 2.45) is 23.7 Å². The van der Waals surface area contributed by atoms with Crippen LogP contribution in [0.1, 0.15) is 49.1 Å². The van der Waals surface area contributed by atoms with Gasteiger partial charge in [0.25, 0.3) is 0 Å². The average molecular weight is 515 g/mol. The van der Waals surface area contributed by atoms with E-state index in [0.717, 1.165) is 29.4 Å². The van der Waals surface area contributed by atoms with Crippen molar-refractivity contribution in [2.75, 3.05) is 13.1 Å². The third-order valence-electron chi connectivity index (χ3n) is 9.44. The number of hydrogen-bond acceptors (Lipinski definition) is 2. The van der Waals surface area contributed by atoms with Crippen LogP contribution in [0.5, 0.6) is 0 Å². The van der Waals surface area contributed by atoms with E-state index >= 15 is 0 Å². The first kappa shape index (κ1) is 21.4. The van der Waals surface area contributed by atoms with Crippen LogP contribution >= 0.6 is 15.9 Å². The van der Waals surface area contributed by atoms with Crippen LogP contribution in [0.3, 0.4) is 0 Å². The summed E-state index contributed by atoms with van der Waals surface area (Å²) in [5, 5.41) is 16.3. The van der Waals surface area contributed by atoms with Crippen LogP contribution in [0.25, 0.3) is 22.3 Å². The van der Waals surface area contributed by atoms with Crippen LogP contribution in [0, 0.1) is 23.7 Å². The van der Waals surface area contributed by atoms with Crippen LogP contribution in [-0.4, -0.2) is 18.2 Å². The fourth-order valence-corrected chi connectivity index (χ4v) is 8.15. The van der Waals surface area contributed by atoms with E-state index in [4.69, 9.17) is 0 Å². The summed E-state index contributed by atoms with van der Waals surface area (Å²) in [6.45, 7) is 2.02. The van der Waals surface area contributed by atoms with Gasteiger partial charge in [-0.2, -0.15) is 0 Å². The average Bonchev–Trinajstić information content (AvgIpc) is 2.82. The second-order valence-electron chi connectivity index (χ2n) is 11.3. The van der Waals surface area contributed by atoms with E-state index in [0.29, 0.717) is 17.8 Å². The van der Waals surface area contributed by atoms with Gasteiger partial charge >= 0.3 is 0 Å². The van der Waals surface area contributed by atoms with Gasteiger partial charge < -0.3 is 10.4 Å². The first-order chi connectivity index (χ1) is 16.6. The smallest absolute Gasteiger partial charge is 0.0959 e. The first-order valence-electron chi connectivity index (χ1n) is 13.0. The van der Waals surface area contributed by atoms with Crippen molar-refractivity contribution >= 4 is 15.9 Å². The van der Waals surface area contributed by atoms with Crippen molar-refractivity contribution in [1.29, 1.82) is 0 Å². The summed E-state index contributed by atoms with van der Waals surface area (Å²) >= 11 is 3.63. The maximum absolute atomic E-state index is 12.8. The number of aliphatic hydroxyl groups is 1. The molecule has 1 saturated heterocycles. The van der Waals surface area contributed by atoms with Gasteiger partial charge in [-0.3, -0.25) is 0 Å². The maximum Gasteiger partial charge on any atom is 0.0959 e. The van der Waals surface area contributed by atoms with Crippen molar-refractivity contribution in [1.82, 2.24) is 5.32 Å². The van der Waals surface area contributed by atoms with E-state index in [1.807, 2.05) is 0 Å². The number of halogens is 1. The fourth-order valence-electron chi connectivity index (χ4n) is 7.89. The van der Waals surface area contributed by atoms with Crippen molar-refractivity contribution in [3.05, 3.63) is 82.3 Å². The molecule has 3 aromatic carbocycles. The molecule has 5 fully saturated rings. The highest BCUT2D eigenvalue weighted by Crippen LogP contribution is 2.63. The van der Waals surface area contributed by atoms with Gasteiger partial charge in [-0.25, -0.2) is 0 Å².